The third kappa shape index (κ3) is 3.56. The zero-order chi connectivity index (χ0) is 12.0. The van der Waals surface area contributed by atoms with Crippen molar-refractivity contribution in [3.8, 4) is 0 Å². The molecular formula is C13H19F2N. The van der Waals surface area contributed by atoms with Gasteiger partial charge in [0.05, 0.1) is 0 Å². The van der Waals surface area contributed by atoms with Crippen LogP contribution < -0.4 is 5.32 Å². The molecule has 0 aliphatic carbocycles. The largest absolute Gasteiger partial charge is 0.314 e. The number of benzene rings is 1. The molecule has 0 fully saturated rings. The lowest BCUT2D eigenvalue weighted by Gasteiger charge is -2.16. The van der Waals surface area contributed by atoms with Gasteiger partial charge >= 0.3 is 0 Å². The van der Waals surface area contributed by atoms with Crippen LogP contribution in [0.3, 0.4) is 0 Å². The van der Waals surface area contributed by atoms with Crippen molar-refractivity contribution in [1.29, 1.82) is 0 Å². The average molecular weight is 227 g/mol. The van der Waals surface area contributed by atoms with Crippen LogP contribution in [0.25, 0.3) is 0 Å². The second kappa shape index (κ2) is 6.59. The normalized spacial score (nSPS) is 12.8. The second-order valence-electron chi connectivity index (χ2n) is 3.98. The van der Waals surface area contributed by atoms with Gasteiger partial charge in [0.15, 0.2) is 11.6 Å². The van der Waals surface area contributed by atoms with Crippen LogP contribution >= 0.6 is 0 Å². The minimum atomic E-state index is -0.761. The first-order valence-corrected chi connectivity index (χ1v) is 5.85. The van der Waals surface area contributed by atoms with Crippen LogP contribution in [-0.4, -0.2) is 12.6 Å². The maximum atomic E-state index is 13.4. The highest BCUT2D eigenvalue weighted by molar-refractivity contribution is 5.19. The van der Waals surface area contributed by atoms with E-state index in [1.165, 1.54) is 0 Å². The van der Waals surface area contributed by atoms with Gasteiger partial charge in [-0.15, -0.1) is 0 Å². The van der Waals surface area contributed by atoms with Gasteiger partial charge in [-0.1, -0.05) is 26.0 Å². The Hall–Kier alpha value is -0.960. The fourth-order valence-corrected chi connectivity index (χ4v) is 1.68. The summed E-state index contributed by atoms with van der Waals surface area (Å²) in [6.07, 6.45) is 2.50. The molecule has 1 aromatic carbocycles. The first-order chi connectivity index (χ1) is 7.69. The Labute approximate surface area is 95.9 Å². The lowest BCUT2D eigenvalue weighted by Crippen LogP contribution is -2.31. The van der Waals surface area contributed by atoms with E-state index in [0.29, 0.717) is 12.0 Å². The van der Waals surface area contributed by atoms with E-state index in [9.17, 15) is 8.78 Å². The van der Waals surface area contributed by atoms with E-state index in [-0.39, 0.29) is 6.04 Å². The molecule has 1 atom stereocenters. The van der Waals surface area contributed by atoms with E-state index in [4.69, 9.17) is 0 Å². The molecule has 0 amide bonds. The average Bonchev–Trinajstić information content (AvgIpc) is 2.30. The summed E-state index contributed by atoms with van der Waals surface area (Å²) in [6.45, 7) is 5.04. The quantitative estimate of drug-likeness (QED) is 0.786. The summed E-state index contributed by atoms with van der Waals surface area (Å²) in [6, 6.07) is 4.57. The molecule has 0 aliphatic rings. The molecule has 90 valence electrons. The molecule has 1 unspecified atom stereocenters. The van der Waals surface area contributed by atoms with Gasteiger partial charge in [-0.3, -0.25) is 0 Å². The van der Waals surface area contributed by atoms with Crippen molar-refractivity contribution in [2.45, 2.75) is 39.2 Å². The van der Waals surface area contributed by atoms with Crippen LogP contribution in [0.4, 0.5) is 8.78 Å². The summed E-state index contributed by atoms with van der Waals surface area (Å²) in [5, 5.41) is 3.33. The van der Waals surface area contributed by atoms with Crippen LogP contribution in [-0.2, 0) is 6.42 Å². The summed E-state index contributed by atoms with van der Waals surface area (Å²) in [4.78, 5) is 0. The third-order valence-corrected chi connectivity index (χ3v) is 2.67. The van der Waals surface area contributed by atoms with E-state index in [2.05, 4.69) is 12.2 Å². The molecule has 1 N–H and O–H groups in total. The topological polar surface area (TPSA) is 12.0 Å². The lowest BCUT2D eigenvalue weighted by molar-refractivity contribution is 0.463. The molecule has 3 heteroatoms. The molecule has 0 saturated heterocycles. The van der Waals surface area contributed by atoms with Gasteiger partial charge in [0.1, 0.15) is 0 Å². The zero-order valence-electron chi connectivity index (χ0n) is 9.89. The molecular weight excluding hydrogens is 208 g/mol. The Morgan fingerprint density at radius 1 is 1.25 bits per heavy atom. The number of hydrogen-bond donors (Lipinski definition) is 1. The number of rotatable bonds is 6. The summed E-state index contributed by atoms with van der Waals surface area (Å²) < 4.78 is 26.4. The van der Waals surface area contributed by atoms with Gasteiger partial charge in [0.2, 0.25) is 0 Å². The predicted octanol–water partition coefficient (Wildman–Crippen LogP) is 3.29. The van der Waals surface area contributed by atoms with Crippen LogP contribution in [0.1, 0.15) is 32.3 Å². The SMILES string of the molecule is CCCNC(CC)Cc1cccc(F)c1F. The van der Waals surface area contributed by atoms with Gasteiger partial charge in [-0.05, 0) is 37.4 Å². The van der Waals surface area contributed by atoms with Gasteiger partial charge in [0, 0.05) is 6.04 Å². The number of hydrogen-bond acceptors (Lipinski definition) is 1. The minimum Gasteiger partial charge on any atom is -0.314 e. The van der Waals surface area contributed by atoms with Crippen LogP contribution in [0.15, 0.2) is 18.2 Å². The molecule has 0 bridgehead atoms. The zero-order valence-corrected chi connectivity index (χ0v) is 9.89. The van der Waals surface area contributed by atoms with E-state index in [0.717, 1.165) is 25.5 Å². The Balaban J connectivity index is 2.66. The summed E-state index contributed by atoms with van der Waals surface area (Å²) in [5.41, 5.74) is 0.454. The van der Waals surface area contributed by atoms with Gasteiger partial charge in [-0.25, -0.2) is 8.78 Å². The fourth-order valence-electron chi connectivity index (χ4n) is 1.68. The molecule has 16 heavy (non-hydrogen) atoms. The Morgan fingerprint density at radius 3 is 2.62 bits per heavy atom. The van der Waals surface area contributed by atoms with Crippen molar-refractivity contribution < 1.29 is 8.78 Å². The van der Waals surface area contributed by atoms with Crippen LogP contribution in [0.5, 0.6) is 0 Å². The highest BCUT2D eigenvalue weighted by atomic mass is 19.2. The van der Waals surface area contributed by atoms with Gasteiger partial charge in [-0.2, -0.15) is 0 Å². The molecule has 0 heterocycles. The monoisotopic (exact) mass is 227 g/mol. The molecule has 0 aliphatic heterocycles. The maximum Gasteiger partial charge on any atom is 0.162 e. The predicted molar refractivity (Wildman–Crippen MR) is 62.4 cm³/mol. The van der Waals surface area contributed by atoms with Crippen molar-refractivity contribution in [3.63, 3.8) is 0 Å². The molecule has 0 spiro atoms. The molecule has 1 rings (SSSR count). The first-order valence-electron chi connectivity index (χ1n) is 5.85. The Kier molecular flexibility index (Phi) is 5.39. The summed E-state index contributed by atoms with van der Waals surface area (Å²) >= 11 is 0. The summed E-state index contributed by atoms with van der Waals surface area (Å²) in [7, 11) is 0. The van der Waals surface area contributed by atoms with E-state index < -0.39 is 11.6 Å². The van der Waals surface area contributed by atoms with Gasteiger partial charge in [0.25, 0.3) is 0 Å². The summed E-state index contributed by atoms with van der Waals surface area (Å²) in [5.74, 6) is -1.47. The second-order valence-corrected chi connectivity index (χ2v) is 3.98. The molecule has 0 radical (unpaired) electrons. The molecule has 0 saturated carbocycles. The molecule has 1 aromatic rings. The van der Waals surface area contributed by atoms with E-state index in [1.807, 2.05) is 6.92 Å². The number of halogens is 2. The third-order valence-electron chi connectivity index (χ3n) is 2.67. The van der Waals surface area contributed by atoms with Crippen molar-refractivity contribution in [2.75, 3.05) is 6.54 Å². The van der Waals surface area contributed by atoms with E-state index >= 15 is 0 Å². The smallest absolute Gasteiger partial charge is 0.162 e. The van der Waals surface area contributed by atoms with Crippen LogP contribution in [0, 0.1) is 11.6 Å². The molecule has 1 nitrogen and oxygen atoms in total. The highest BCUT2D eigenvalue weighted by Crippen LogP contribution is 2.14. The number of nitrogens with one attached hydrogen (secondary N) is 1. The Morgan fingerprint density at radius 2 is 2.00 bits per heavy atom. The van der Waals surface area contributed by atoms with Crippen molar-refractivity contribution >= 4 is 0 Å². The van der Waals surface area contributed by atoms with E-state index in [1.54, 1.807) is 12.1 Å². The molecule has 0 aromatic heterocycles. The first kappa shape index (κ1) is 13.1. The Bertz CT molecular complexity index is 326. The highest BCUT2D eigenvalue weighted by Gasteiger charge is 2.12. The van der Waals surface area contributed by atoms with Crippen LogP contribution in [0.2, 0.25) is 0 Å². The lowest BCUT2D eigenvalue weighted by atomic mass is 10.0. The van der Waals surface area contributed by atoms with Crippen molar-refractivity contribution in [2.24, 2.45) is 0 Å². The van der Waals surface area contributed by atoms with Crippen molar-refractivity contribution in [3.05, 3.63) is 35.4 Å². The van der Waals surface area contributed by atoms with Crippen molar-refractivity contribution in [1.82, 2.24) is 5.32 Å². The van der Waals surface area contributed by atoms with Gasteiger partial charge < -0.3 is 5.32 Å². The minimum absolute atomic E-state index is 0.219. The standard InChI is InChI=1S/C13H19F2N/c1-3-8-16-11(4-2)9-10-6-5-7-12(14)13(10)15/h5-7,11,16H,3-4,8-9H2,1-2H3. The maximum absolute atomic E-state index is 13.4. The fraction of sp³-hybridized carbons (Fsp3) is 0.538.